The Labute approximate surface area is 178 Å². The number of thioether (sulfide) groups is 1. The summed E-state index contributed by atoms with van der Waals surface area (Å²) in [5.41, 5.74) is 0.867. The van der Waals surface area contributed by atoms with E-state index in [0.29, 0.717) is 21.7 Å². The Hall–Kier alpha value is -2.67. The van der Waals surface area contributed by atoms with E-state index in [-0.39, 0.29) is 35.1 Å². The molecule has 30 heavy (non-hydrogen) atoms. The van der Waals surface area contributed by atoms with Gasteiger partial charge in [-0.1, -0.05) is 23.9 Å². The minimum absolute atomic E-state index is 0.0489. The number of piperidine rings is 1. The molecular formula is C23H24FN3O2S. The molecule has 1 fully saturated rings. The van der Waals surface area contributed by atoms with Crippen LogP contribution in [0.2, 0.25) is 0 Å². The Morgan fingerprint density at radius 3 is 2.47 bits per heavy atom. The molecule has 1 amide bonds. The Bertz CT molecular complexity index is 1120. The summed E-state index contributed by atoms with van der Waals surface area (Å²) in [6, 6.07) is 13.3. The van der Waals surface area contributed by atoms with E-state index in [1.54, 1.807) is 30.3 Å². The zero-order chi connectivity index (χ0) is 21.3. The van der Waals surface area contributed by atoms with E-state index in [1.165, 1.54) is 28.5 Å². The van der Waals surface area contributed by atoms with Gasteiger partial charge in [0.15, 0.2) is 5.16 Å². The molecule has 2 aromatic carbocycles. The molecule has 7 heteroatoms. The van der Waals surface area contributed by atoms with Gasteiger partial charge in [-0.2, -0.15) is 0 Å². The summed E-state index contributed by atoms with van der Waals surface area (Å²) in [5, 5.41) is 0.909. The van der Waals surface area contributed by atoms with Crippen molar-refractivity contribution in [1.29, 1.82) is 0 Å². The molecule has 0 aliphatic carbocycles. The highest BCUT2D eigenvalue weighted by Crippen LogP contribution is 2.26. The maximum Gasteiger partial charge on any atom is 0.266 e. The molecule has 1 aliphatic rings. The molecule has 1 aromatic heterocycles. The molecule has 0 saturated carbocycles. The van der Waals surface area contributed by atoms with Crippen LogP contribution in [0, 0.1) is 5.82 Å². The third-order valence-electron chi connectivity index (χ3n) is 5.64. The maximum atomic E-state index is 13.4. The van der Waals surface area contributed by atoms with Crippen LogP contribution in [0.1, 0.15) is 33.1 Å². The van der Waals surface area contributed by atoms with Crippen molar-refractivity contribution in [3.8, 4) is 5.69 Å². The normalized spacial score (nSPS) is 19.2. The molecule has 2 heterocycles. The second kappa shape index (κ2) is 8.60. The third-order valence-corrected chi connectivity index (χ3v) is 6.56. The van der Waals surface area contributed by atoms with Crippen molar-refractivity contribution < 1.29 is 9.18 Å². The number of para-hydroxylation sites is 1. The van der Waals surface area contributed by atoms with Crippen LogP contribution < -0.4 is 5.56 Å². The number of carbonyl (C=O) groups excluding carboxylic acids is 1. The lowest BCUT2D eigenvalue weighted by Crippen LogP contribution is -2.48. The first-order valence-electron chi connectivity index (χ1n) is 10.2. The van der Waals surface area contributed by atoms with Crippen molar-refractivity contribution in [2.24, 2.45) is 0 Å². The minimum atomic E-state index is -0.377. The zero-order valence-electron chi connectivity index (χ0n) is 17.0. The molecule has 3 aromatic rings. The van der Waals surface area contributed by atoms with Crippen LogP contribution in [0.5, 0.6) is 0 Å². The minimum Gasteiger partial charge on any atom is -0.337 e. The smallest absolute Gasteiger partial charge is 0.266 e. The van der Waals surface area contributed by atoms with Crippen LogP contribution in [0.3, 0.4) is 0 Å². The largest absolute Gasteiger partial charge is 0.337 e. The lowest BCUT2D eigenvalue weighted by atomic mass is 9.98. The Balaban J connectivity index is 1.70. The average Bonchev–Trinajstić information content (AvgIpc) is 2.73. The van der Waals surface area contributed by atoms with Gasteiger partial charge in [0.25, 0.3) is 5.56 Å². The summed E-state index contributed by atoms with van der Waals surface area (Å²) in [6.45, 7) is 4.17. The van der Waals surface area contributed by atoms with E-state index in [1.807, 2.05) is 11.0 Å². The van der Waals surface area contributed by atoms with Gasteiger partial charge in [-0.05, 0) is 69.5 Å². The summed E-state index contributed by atoms with van der Waals surface area (Å²) < 4.78 is 14.9. The van der Waals surface area contributed by atoms with Crippen LogP contribution in [0.4, 0.5) is 4.39 Å². The monoisotopic (exact) mass is 425 g/mol. The highest BCUT2D eigenvalue weighted by molar-refractivity contribution is 7.99. The summed E-state index contributed by atoms with van der Waals surface area (Å²) in [6.07, 6.45) is 3.15. The Morgan fingerprint density at radius 2 is 1.77 bits per heavy atom. The quantitative estimate of drug-likeness (QED) is 0.459. The maximum absolute atomic E-state index is 13.4. The fraction of sp³-hybridized carbons (Fsp3) is 0.348. The third kappa shape index (κ3) is 3.99. The predicted molar refractivity (Wildman–Crippen MR) is 118 cm³/mol. The van der Waals surface area contributed by atoms with Crippen LogP contribution in [0.15, 0.2) is 58.5 Å². The Morgan fingerprint density at radius 1 is 1.10 bits per heavy atom. The predicted octanol–water partition coefficient (Wildman–Crippen LogP) is 4.41. The highest BCUT2D eigenvalue weighted by atomic mass is 32.2. The summed E-state index contributed by atoms with van der Waals surface area (Å²) in [4.78, 5) is 32.8. The first-order valence-corrected chi connectivity index (χ1v) is 11.2. The first kappa shape index (κ1) is 20.6. The molecule has 2 atom stereocenters. The number of likely N-dealkylation sites (tertiary alicyclic amines) is 1. The van der Waals surface area contributed by atoms with Crippen molar-refractivity contribution in [2.75, 3.05) is 5.75 Å². The van der Waals surface area contributed by atoms with Crippen LogP contribution >= 0.6 is 11.8 Å². The molecule has 0 radical (unpaired) electrons. The molecule has 0 bridgehead atoms. The van der Waals surface area contributed by atoms with Crippen molar-refractivity contribution in [2.45, 2.75) is 50.4 Å². The lowest BCUT2D eigenvalue weighted by molar-refractivity contribution is -0.134. The van der Waals surface area contributed by atoms with Gasteiger partial charge in [-0.25, -0.2) is 9.37 Å². The van der Waals surface area contributed by atoms with Crippen LogP contribution in [0.25, 0.3) is 16.6 Å². The molecule has 5 nitrogen and oxygen atoms in total. The molecule has 2 unspecified atom stereocenters. The molecule has 4 rings (SSSR count). The van der Waals surface area contributed by atoms with Gasteiger partial charge in [0.1, 0.15) is 5.82 Å². The van der Waals surface area contributed by atoms with Gasteiger partial charge in [0, 0.05) is 12.1 Å². The van der Waals surface area contributed by atoms with Gasteiger partial charge < -0.3 is 4.90 Å². The highest BCUT2D eigenvalue weighted by Gasteiger charge is 2.29. The topological polar surface area (TPSA) is 55.2 Å². The second-order valence-electron chi connectivity index (χ2n) is 7.75. The standard InChI is InChI=1S/C23H24FN3O2S/c1-15-6-5-7-16(2)26(15)21(28)14-30-23-25-20-9-4-3-8-19(20)22(29)27(23)18-12-10-17(24)11-13-18/h3-4,8-13,15-16H,5-7,14H2,1-2H3. The van der Waals surface area contributed by atoms with Crippen molar-refractivity contribution in [3.05, 3.63) is 64.7 Å². The van der Waals surface area contributed by atoms with Crippen LogP contribution in [-0.4, -0.2) is 38.2 Å². The molecule has 1 saturated heterocycles. The number of carbonyl (C=O) groups is 1. The lowest BCUT2D eigenvalue weighted by Gasteiger charge is -2.39. The van der Waals surface area contributed by atoms with Crippen molar-refractivity contribution >= 4 is 28.6 Å². The van der Waals surface area contributed by atoms with E-state index >= 15 is 0 Å². The number of rotatable bonds is 4. The molecule has 1 aliphatic heterocycles. The number of hydrogen-bond acceptors (Lipinski definition) is 4. The Kier molecular flexibility index (Phi) is 5.90. The number of fused-ring (bicyclic) bond motifs is 1. The number of nitrogens with zero attached hydrogens (tertiary/aromatic N) is 3. The SMILES string of the molecule is CC1CCCC(C)N1C(=O)CSc1nc2ccccc2c(=O)n1-c1ccc(F)cc1. The van der Waals surface area contributed by atoms with E-state index in [9.17, 15) is 14.0 Å². The number of benzene rings is 2. The summed E-state index contributed by atoms with van der Waals surface area (Å²) >= 11 is 1.25. The molecular weight excluding hydrogens is 401 g/mol. The van der Waals surface area contributed by atoms with Gasteiger partial charge >= 0.3 is 0 Å². The van der Waals surface area contributed by atoms with E-state index in [2.05, 4.69) is 18.8 Å². The van der Waals surface area contributed by atoms with E-state index < -0.39 is 0 Å². The van der Waals surface area contributed by atoms with Gasteiger partial charge in [-0.3, -0.25) is 14.2 Å². The number of aromatic nitrogens is 2. The summed E-state index contributed by atoms with van der Waals surface area (Å²) in [5.74, 6) is -0.133. The van der Waals surface area contributed by atoms with E-state index in [0.717, 1.165) is 19.3 Å². The van der Waals surface area contributed by atoms with Gasteiger partial charge in [0.05, 0.1) is 22.3 Å². The van der Waals surface area contributed by atoms with Gasteiger partial charge in [-0.15, -0.1) is 0 Å². The van der Waals surface area contributed by atoms with Crippen molar-refractivity contribution in [3.63, 3.8) is 0 Å². The summed E-state index contributed by atoms with van der Waals surface area (Å²) in [7, 11) is 0. The van der Waals surface area contributed by atoms with Gasteiger partial charge in [0.2, 0.25) is 5.91 Å². The van der Waals surface area contributed by atoms with Crippen molar-refractivity contribution in [1.82, 2.24) is 14.5 Å². The fourth-order valence-electron chi connectivity index (χ4n) is 4.14. The second-order valence-corrected chi connectivity index (χ2v) is 8.69. The first-order chi connectivity index (χ1) is 14.5. The van der Waals surface area contributed by atoms with Crippen LogP contribution in [-0.2, 0) is 4.79 Å². The molecule has 0 spiro atoms. The number of halogens is 1. The molecule has 156 valence electrons. The number of amides is 1. The number of hydrogen-bond donors (Lipinski definition) is 0. The fourth-order valence-corrected chi connectivity index (χ4v) is 5.02. The molecule has 0 N–H and O–H groups in total. The zero-order valence-corrected chi connectivity index (χ0v) is 17.9. The van der Waals surface area contributed by atoms with E-state index in [4.69, 9.17) is 0 Å². The average molecular weight is 426 g/mol.